The molecule has 0 radical (unpaired) electrons. The van der Waals surface area contributed by atoms with Crippen molar-refractivity contribution in [3.8, 4) is 5.75 Å². The fourth-order valence-electron chi connectivity index (χ4n) is 2.17. The van der Waals surface area contributed by atoms with Gasteiger partial charge in [0.25, 0.3) is 5.91 Å². The van der Waals surface area contributed by atoms with Crippen molar-refractivity contribution in [2.45, 2.75) is 26.2 Å². The Kier molecular flexibility index (Phi) is 6.45. The molecule has 0 bridgehead atoms. The molecule has 0 aliphatic heterocycles. The third kappa shape index (κ3) is 5.76. The van der Waals surface area contributed by atoms with E-state index in [1.54, 1.807) is 18.2 Å². The van der Waals surface area contributed by atoms with Crippen LogP contribution in [0, 0.1) is 0 Å². The number of hydrogen-bond acceptors (Lipinski definition) is 3. The van der Waals surface area contributed by atoms with Crippen LogP contribution in [-0.2, 0) is 10.2 Å². The maximum absolute atomic E-state index is 11.9. The molecule has 4 nitrogen and oxygen atoms in total. The molecule has 0 aromatic heterocycles. The van der Waals surface area contributed by atoms with E-state index < -0.39 is 0 Å². The summed E-state index contributed by atoms with van der Waals surface area (Å²) in [5.74, 6) is 0.333. The Labute approximate surface area is 157 Å². The molecule has 0 saturated carbocycles. The summed E-state index contributed by atoms with van der Waals surface area (Å²) in [6.45, 7) is 6.15. The lowest BCUT2D eigenvalue weighted by Crippen LogP contribution is -2.25. The van der Waals surface area contributed by atoms with Gasteiger partial charge in [-0.1, -0.05) is 68.2 Å². The lowest BCUT2D eigenvalue weighted by Gasteiger charge is -2.22. The molecule has 0 unspecified atom stereocenters. The number of nitrogens with zero attached hydrogens (tertiary/aromatic N) is 1. The third-order valence-electron chi connectivity index (χ3n) is 3.41. The largest absolute Gasteiger partial charge is 0.483 e. The number of para-hydroxylation sites is 1. The van der Waals surface area contributed by atoms with Crippen LogP contribution in [0.1, 0.15) is 31.9 Å². The van der Waals surface area contributed by atoms with Gasteiger partial charge in [0.05, 0.1) is 11.2 Å². The van der Waals surface area contributed by atoms with Gasteiger partial charge >= 0.3 is 0 Å². The van der Waals surface area contributed by atoms with Crippen LogP contribution in [-0.4, -0.2) is 18.7 Å². The van der Waals surface area contributed by atoms with Crippen molar-refractivity contribution in [1.82, 2.24) is 5.43 Å². The third-order valence-corrected chi connectivity index (χ3v) is 3.97. The first-order chi connectivity index (χ1) is 11.8. The highest BCUT2D eigenvalue weighted by Crippen LogP contribution is 2.30. The van der Waals surface area contributed by atoms with Gasteiger partial charge in [0.1, 0.15) is 5.75 Å². The SMILES string of the molecule is CC(C)(C)c1ccccc1OCC(=O)N/N=C\c1ccc(Cl)cc1Cl. The number of carbonyl (C=O) groups is 1. The summed E-state index contributed by atoms with van der Waals surface area (Å²) in [4.78, 5) is 11.9. The molecule has 2 rings (SSSR count). The molecule has 0 heterocycles. The summed E-state index contributed by atoms with van der Waals surface area (Å²) in [6.07, 6.45) is 1.46. The molecule has 132 valence electrons. The highest BCUT2D eigenvalue weighted by atomic mass is 35.5. The maximum Gasteiger partial charge on any atom is 0.277 e. The van der Waals surface area contributed by atoms with Crippen LogP contribution in [0.5, 0.6) is 5.75 Å². The van der Waals surface area contributed by atoms with Gasteiger partial charge in [-0.2, -0.15) is 5.10 Å². The van der Waals surface area contributed by atoms with E-state index in [1.807, 2.05) is 24.3 Å². The molecule has 1 amide bonds. The summed E-state index contributed by atoms with van der Waals surface area (Å²) >= 11 is 11.9. The summed E-state index contributed by atoms with van der Waals surface area (Å²) < 4.78 is 5.64. The lowest BCUT2D eigenvalue weighted by atomic mass is 9.86. The summed E-state index contributed by atoms with van der Waals surface area (Å²) in [7, 11) is 0. The van der Waals surface area contributed by atoms with Crippen LogP contribution in [0.15, 0.2) is 47.6 Å². The minimum absolute atomic E-state index is 0.0729. The van der Waals surface area contributed by atoms with Gasteiger partial charge in [-0.15, -0.1) is 0 Å². The fourth-order valence-corrected chi connectivity index (χ4v) is 2.62. The maximum atomic E-state index is 11.9. The number of nitrogens with one attached hydrogen (secondary N) is 1. The topological polar surface area (TPSA) is 50.7 Å². The zero-order chi connectivity index (χ0) is 18.4. The Morgan fingerprint density at radius 3 is 2.60 bits per heavy atom. The van der Waals surface area contributed by atoms with Gasteiger partial charge in [-0.05, 0) is 29.2 Å². The molecule has 6 heteroatoms. The minimum Gasteiger partial charge on any atom is -0.483 e. The zero-order valence-electron chi connectivity index (χ0n) is 14.3. The number of hydrogen-bond donors (Lipinski definition) is 1. The molecule has 0 spiro atoms. The van der Waals surface area contributed by atoms with Crippen LogP contribution in [0.3, 0.4) is 0 Å². The normalized spacial score (nSPS) is 11.6. The smallest absolute Gasteiger partial charge is 0.277 e. The van der Waals surface area contributed by atoms with Crippen LogP contribution >= 0.6 is 23.2 Å². The number of halogens is 2. The molecule has 0 saturated heterocycles. The molecule has 0 aliphatic rings. The van der Waals surface area contributed by atoms with Crippen LogP contribution in [0.25, 0.3) is 0 Å². The van der Waals surface area contributed by atoms with Gasteiger partial charge in [-0.3, -0.25) is 4.79 Å². The minimum atomic E-state index is -0.356. The number of rotatable bonds is 5. The van der Waals surface area contributed by atoms with Crippen molar-refractivity contribution in [2.24, 2.45) is 5.10 Å². The standard InChI is InChI=1S/C19H20Cl2N2O2/c1-19(2,3)15-6-4-5-7-17(15)25-12-18(24)23-22-11-13-8-9-14(20)10-16(13)21/h4-11H,12H2,1-3H3,(H,23,24)/b22-11-. The van der Waals surface area contributed by atoms with E-state index >= 15 is 0 Å². The van der Waals surface area contributed by atoms with Gasteiger partial charge in [-0.25, -0.2) is 5.43 Å². The molecular weight excluding hydrogens is 359 g/mol. The summed E-state index contributed by atoms with van der Waals surface area (Å²) in [6, 6.07) is 12.7. The molecule has 0 atom stereocenters. The predicted octanol–water partition coefficient (Wildman–Crippen LogP) is 4.82. The van der Waals surface area contributed by atoms with E-state index in [0.29, 0.717) is 21.4 Å². The average Bonchev–Trinajstić information content (AvgIpc) is 2.54. The van der Waals surface area contributed by atoms with Gasteiger partial charge in [0.15, 0.2) is 6.61 Å². The second kappa shape index (κ2) is 8.37. The number of carbonyl (C=O) groups excluding carboxylic acids is 1. The number of benzene rings is 2. The van der Waals surface area contributed by atoms with Gasteiger partial charge < -0.3 is 4.74 Å². The molecule has 0 fully saturated rings. The van der Waals surface area contributed by atoms with E-state index in [0.717, 1.165) is 5.56 Å². The molecule has 0 aliphatic carbocycles. The summed E-state index contributed by atoms with van der Waals surface area (Å²) in [5, 5.41) is 4.88. The van der Waals surface area contributed by atoms with Crippen molar-refractivity contribution in [2.75, 3.05) is 6.61 Å². The Hall–Kier alpha value is -2.04. The average molecular weight is 379 g/mol. The first kappa shape index (κ1) is 19.3. The van der Waals surface area contributed by atoms with E-state index in [4.69, 9.17) is 27.9 Å². The van der Waals surface area contributed by atoms with Crippen LogP contribution in [0.2, 0.25) is 10.0 Å². The van der Waals surface area contributed by atoms with Gasteiger partial charge in [0.2, 0.25) is 0 Å². The van der Waals surface area contributed by atoms with Crippen molar-refractivity contribution in [3.05, 3.63) is 63.6 Å². The van der Waals surface area contributed by atoms with E-state index in [9.17, 15) is 4.79 Å². The number of ether oxygens (including phenoxy) is 1. The Balaban J connectivity index is 1.92. The monoisotopic (exact) mass is 378 g/mol. The summed E-state index contributed by atoms with van der Waals surface area (Å²) in [5.41, 5.74) is 4.04. The Bertz CT molecular complexity index is 783. The van der Waals surface area contributed by atoms with Crippen molar-refractivity contribution in [3.63, 3.8) is 0 Å². The van der Waals surface area contributed by atoms with E-state index in [-0.39, 0.29) is 17.9 Å². The first-order valence-electron chi connectivity index (χ1n) is 7.76. The fraction of sp³-hybridized carbons (Fsp3) is 0.263. The Morgan fingerprint density at radius 1 is 1.20 bits per heavy atom. The van der Waals surface area contributed by atoms with Gasteiger partial charge in [0, 0.05) is 10.6 Å². The Morgan fingerprint density at radius 2 is 1.92 bits per heavy atom. The first-order valence-corrected chi connectivity index (χ1v) is 8.52. The quantitative estimate of drug-likeness (QED) is 0.598. The van der Waals surface area contributed by atoms with Crippen LogP contribution < -0.4 is 10.2 Å². The molecule has 25 heavy (non-hydrogen) atoms. The number of hydrazone groups is 1. The predicted molar refractivity (Wildman–Crippen MR) is 103 cm³/mol. The van der Waals surface area contributed by atoms with E-state index in [2.05, 4.69) is 31.3 Å². The number of amides is 1. The van der Waals surface area contributed by atoms with Crippen molar-refractivity contribution < 1.29 is 9.53 Å². The zero-order valence-corrected chi connectivity index (χ0v) is 15.9. The second-order valence-electron chi connectivity index (χ2n) is 6.49. The second-order valence-corrected chi connectivity index (χ2v) is 7.34. The molecule has 2 aromatic carbocycles. The lowest BCUT2D eigenvalue weighted by molar-refractivity contribution is -0.123. The van der Waals surface area contributed by atoms with Crippen LogP contribution in [0.4, 0.5) is 0 Å². The molecular formula is C19H20Cl2N2O2. The molecule has 2 aromatic rings. The highest BCUT2D eigenvalue weighted by molar-refractivity contribution is 6.36. The van der Waals surface area contributed by atoms with Crippen molar-refractivity contribution in [1.29, 1.82) is 0 Å². The van der Waals surface area contributed by atoms with Crippen molar-refractivity contribution >= 4 is 35.3 Å². The highest BCUT2D eigenvalue weighted by Gasteiger charge is 2.18. The van der Waals surface area contributed by atoms with E-state index in [1.165, 1.54) is 6.21 Å². The molecule has 1 N–H and O–H groups in total.